The molecule has 1 saturated carbocycles. The van der Waals surface area contributed by atoms with E-state index in [1.54, 1.807) is 0 Å². The Balaban J connectivity index is 2.23. The molecule has 0 heterocycles. The highest BCUT2D eigenvalue weighted by atomic mass is 16.5. The zero-order valence-electron chi connectivity index (χ0n) is 9.63. The smallest absolute Gasteiger partial charge is 0.0598 e. The van der Waals surface area contributed by atoms with E-state index in [-0.39, 0.29) is 5.60 Å². The van der Waals surface area contributed by atoms with E-state index in [2.05, 4.69) is 39.8 Å². The van der Waals surface area contributed by atoms with E-state index < -0.39 is 0 Å². The minimum absolute atomic E-state index is 0.0203. The predicted octanol–water partition coefficient (Wildman–Crippen LogP) is 2.14. The van der Waals surface area contributed by atoms with Crippen molar-refractivity contribution in [2.75, 3.05) is 20.7 Å². The minimum atomic E-state index is 0.0203. The Hall–Kier alpha value is -0.0800. The fourth-order valence-corrected chi connectivity index (χ4v) is 1.78. The summed E-state index contributed by atoms with van der Waals surface area (Å²) in [6.07, 6.45) is 2.67. The summed E-state index contributed by atoms with van der Waals surface area (Å²) >= 11 is 0. The van der Waals surface area contributed by atoms with Crippen molar-refractivity contribution in [3.8, 4) is 0 Å². The largest absolute Gasteiger partial charge is 0.376 e. The van der Waals surface area contributed by atoms with Crippen LogP contribution >= 0.6 is 0 Å². The highest BCUT2D eigenvalue weighted by Gasteiger charge is 2.33. The first-order valence-corrected chi connectivity index (χ1v) is 5.20. The maximum Gasteiger partial charge on any atom is 0.0598 e. The van der Waals surface area contributed by atoms with Gasteiger partial charge in [-0.05, 0) is 53.6 Å². The van der Waals surface area contributed by atoms with Crippen molar-refractivity contribution in [3.63, 3.8) is 0 Å². The standard InChI is InChI=1S/C11H23NO/c1-11(2,3)13-8-9-6-7-10(9)12(4)5/h9-10H,6-8H2,1-5H3/t9-,10+/m0/s1. The van der Waals surface area contributed by atoms with Crippen molar-refractivity contribution >= 4 is 0 Å². The molecule has 1 aliphatic carbocycles. The maximum absolute atomic E-state index is 5.79. The Morgan fingerprint density at radius 3 is 2.15 bits per heavy atom. The molecule has 0 bridgehead atoms. The first-order chi connectivity index (χ1) is 5.90. The molecule has 0 saturated heterocycles. The van der Waals surface area contributed by atoms with Crippen molar-refractivity contribution < 1.29 is 4.74 Å². The molecule has 0 aromatic rings. The van der Waals surface area contributed by atoms with Crippen molar-refractivity contribution in [1.82, 2.24) is 4.90 Å². The van der Waals surface area contributed by atoms with Gasteiger partial charge in [0.1, 0.15) is 0 Å². The fourth-order valence-electron chi connectivity index (χ4n) is 1.78. The van der Waals surface area contributed by atoms with E-state index in [1.807, 2.05) is 0 Å². The van der Waals surface area contributed by atoms with E-state index in [1.165, 1.54) is 12.8 Å². The lowest BCUT2D eigenvalue weighted by atomic mass is 9.79. The summed E-state index contributed by atoms with van der Waals surface area (Å²) < 4.78 is 5.79. The van der Waals surface area contributed by atoms with Gasteiger partial charge >= 0.3 is 0 Å². The molecule has 0 radical (unpaired) electrons. The number of nitrogens with zero attached hydrogens (tertiary/aromatic N) is 1. The summed E-state index contributed by atoms with van der Waals surface area (Å²) in [7, 11) is 4.32. The molecule has 0 spiro atoms. The molecule has 0 unspecified atom stereocenters. The van der Waals surface area contributed by atoms with E-state index in [0.717, 1.165) is 18.6 Å². The molecule has 0 amide bonds. The zero-order valence-corrected chi connectivity index (χ0v) is 9.63. The number of hydrogen-bond acceptors (Lipinski definition) is 2. The molecule has 13 heavy (non-hydrogen) atoms. The predicted molar refractivity (Wildman–Crippen MR) is 55.9 cm³/mol. The quantitative estimate of drug-likeness (QED) is 0.668. The Kier molecular flexibility index (Phi) is 3.36. The van der Waals surface area contributed by atoms with Crippen LogP contribution in [0.4, 0.5) is 0 Å². The summed E-state index contributed by atoms with van der Waals surface area (Å²) in [5.41, 5.74) is 0.0203. The van der Waals surface area contributed by atoms with E-state index in [0.29, 0.717) is 0 Å². The van der Waals surface area contributed by atoms with Crippen LogP contribution in [0.15, 0.2) is 0 Å². The van der Waals surface area contributed by atoms with Crippen LogP contribution in [-0.2, 0) is 4.74 Å². The van der Waals surface area contributed by atoms with Gasteiger partial charge in [0.25, 0.3) is 0 Å². The molecule has 0 aliphatic heterocycles. The third-order valence-corrected chi connectivity index (χ3v) is 2.77. The van der Waals surface area contributed by atoms with Crippen molar-refractivity contribution in [2.45, 2.75) is 45.3 Å². The molecule has 0 aromatic carbocycles. The molecular formula is C11H23NO. The second-order valence-electron chi connectivity index (χ2n) is 5.29. The van der Waals surface area contributed by atoms with Gasteiger partial charge in [0.15, 0.2) is 0 Å². The molecule has 1 fully saturated rings. The zero-order chi connectivity index (χ0) is 10.1. The minimum Gasteiger partial charge on any atom is -0.376 e. The highest BCUT2D eigenvalue weighted by Crippen LogP contribution is 2.31. The molecule has 78 valence electrons. The first kappa shape index (κ1) is 11.0. The second-order valence-corrected chi connectivity index (χ2v) is 5.29. The summed E-state index contributed by atoms with van der Waals surface area (Å²) in [5, 5.41) is 0. The molecule has 2 nitrogen and oxygen atoms in total. The normalized spacial score (nSPS) is 29.1. The van der Waals surface area contributed by atoms with Crippen molar-refractivity contribution in [1.29, 1.82) is 0 Å². The summed E-state index contributed by atoms with van der Waals surface area (Å²) in [4.78, 5) is 2.32. The van der Waals surface area contributed by atoms with Gasteiger partial charge in [-0.25, -0.2) is 0 Å². The molecule has 0 N–H and O–H groups in total. The van der Waals surface area contributed by atoms with Gasteiger partial charge in [0.2, 0.25) is 0 Å². The monoisotopic (exact) mass is 185 g/mol. The number of hydrogen-bond donors (Lipinski definition) is 0. The SMILES string of the molecule is CN(C)[C@@H]1CC[C@H]1COC(C)(C)C. The first-order valence-electron chi connectivity index (χ1n) is 5.20. The molecule has 1 aliphatic rings. The molecule has 2 atom stereocenters. The lowest BCUT2D eigenvalue weighted by Crippen LogP contribution is -2.46. The van der Waals surface area contributed by atoms with Crippen molar-refractivity contribution in [2.24, 2.45) is 5.92 Å². The fraction of sp³-hybridized carbons (Fsp3) is 1.00. The summed E-state index contributed by atoms with van der Waals surface area (Å²) in [5.74, 6) is 0.759. The molecule has 2 heteroatoms. The topological polar surface area (TPSA) is 12.5 Å². The van der Waals surface area contributed by atoms with Gasteiger partial charge in [0.05, 0.1) is 12.2 Å². The van der Waals surface area contributed by atoms with Crippen LogP contribution in [0.25, 0.3) is 0 Å². The van der Waals surface area contributed by atoms with Gasteiger partial charge in [0, 0.05) is 6.04 Å². The maximum atomic E-state index is 5.79. The Bertz CT molecular complexity index is 160. The van der Waals surface area contributed by atoms with Crippen LogP contribution in [0, 0.1) is 5.92 Å². The van der Waals surface area contributed by atoms with E-state index in [4.69, 9.17) is 4.74 Å². The van der Waals surface area contributed by atoms with E-state index >= 15 is 0 Å². The van der Waals surface area contributed by atoms with Crippen LogP contribution in [-0.4, -0.2) is 37.2 Å². The third kappa shape index (κ3) is 3.28. The molecule has 0 aromatic heterocycles. The second kappa shape index (κ2) is 3.97. The highest BCUT2D eigenvalue weighted by molar-refractivity contribution is 4.86. The average molecular weight is 185 g/mol. The summed E-state index contributed by atoms with van der Waals surface area (Å²) in [6.45, 7) is 7.29. The average Bonchev–Trinajstić information content (AvgIpc) is 1.79. The van der Waals surface area contributed by atoms with E-state index in [9.17, 15) is 0 Å². The number of ether oxygens (including phenoxy) is 1. The van der Waals surface area contributed by atoms with Crippen LogP contribution in [0.3, 0.4) is 0 Å². The van der Waals surface area contributed by atoms with Crippen LogP contribution in [0.5, 0.6) is 0 Å². The third-order valence-electron chi connectivity index (χ3n) is 2.77. The number of rotatable bonds is 3. The van der Waals surface area contributed by atoms with Gasteiger partial charge in [-0.2, -0.15) is 0 Å². The van der Waals surface area contributed by atoms with Gasteiger partial charge in [-0.15, -0.1) is 0 Å². The van der Waals surface area contributed by atoms with Gasteiger partial charge in [-0.3, -0.25) is 0 Å². The summed E-state index contributed by atoms with van der Waals surface area (Å²) in [6, 6.07) is 0.752. The Labute approximate surface area is 82.3 Å². The van der Waals surface area contributed by atoms with Gasteiger partial charge < -0.3 is 9.64 Å². The lowest BCUT2D eigenvalue weighted by Gasteiger charge is -2.42. The van der Waals surface area contributed by atoms with Crippen molar-refractivity contribution in [3.05, 3.63) is 0 Å². The molecular weight excluding hydrogens is 162 g/mol. The van der Waals surface area contributed by atoms with Crippen LogP contribution in [0.2, 0.25) is 0 Å². The molecule has 1 rings (SSSR count). The van der Waals surface area contributed by atoms with Crippen LogP contribution in [0.1, 0.15) is 33.6 Å². The Morgan fingerprint density at radius 1 is 1.23 bits per heavy atom. The lowest BCUT2D eigenvalue weighted by molar-refractivity contribution is -0.0578. The van der Waals surface area contributed by atoms with Gasteiger partial charge in [-0.1, -0.05) is 0 Å². The van der Waals surface area contributed by atoms with Crippen LogP contribution < -0.4 is 0 Å². The Morgan fingerprint density at radius 2 is 1.85 bits per heavy atom.